The highest BCUT2D eigenvalue weighted by molar-refractivity contribution is 7.90. The van der Waals surface area contributed by atoms with E-state index in [1.807, 2.05) is 0 Å². The van der Waals surface area contributed by atoms with Crippen LogP contribution in [0.4, 0.5) is 24.5 Å². The van der Waals surface area contributed by atoms with Crippen LogP contribution in [0, 0.1) is 17.5 Å². The molecule has 0 aliphatic carbocycles. The van der Waals surface area contributed by atoms with Crippen LogP contribution >= 0.6 is 11.6 Å². The molecule has 1 aliphatic heterocycles. The summed E-state index contributed by atoms with van der Waals surface area (Å²) in [4.78, 5) is -0.492. The Morgan fingerprint density at radius 3 is 2.43 bits per heavy atom. The Kier molecular flexibility index (Phi) is 5.17. The lowest BCUT2D eigenvalue weighted by Gasteiger charge is -2.23. The summed E-state index contributed by atoms with van der Waals surface area (Å²) in [6.07, 6.45) is -0.155. The van der Waals surface area contributed by atoms with E-state index in [1.165, 1.54) is 24.3 Å². The first-order valence-electron chi connectivity index (χ1n) is 8.63. The van der Waals surface area contributed by atoms with Gasteiger partial charge in [-0.15, -0.1) is 4.40 Å². The second-order valence-electron chi connectivity index (χ2n) is 6.46. The van der Waals surface area contributed by atoms with E-state index < -0.39 is 32.4 Å². The van der Waals surface area contributed by atoms with Gasteiger partial charge in [-0.3, -0.25) is 0 Å². The Morgan fingerprint density at radius 1 is 1.03 bits per heavy atom. The molecule has 0 bridgehead atoms. The van der Waals surface area contributed by atoms with Crippen molar-refractivity contribution in [2.75, 3.05) is 10.6 Å². The molecule has 0 amide bonds. The van der Waals surface area contributed by atoms with Gasteiger partial charge >= 0.3 is 0 Å². The molecule has 0 radical (unpaired) electrons. The SMILES string of the molecule is O=S1(=O)N=C(Nc2ccc(F)cc2)Nc2c1cc(F)c(F)c2Cc1ccccc1Cl. The first kappa shape index (κ1) is 20.2. The van der Waals surface area contributed by atoms with Gasteiger partial charge in [0.2, 0.25) is 5.96 Å². The smallest absolute Gasteiger partial charge is 0.287 e. The number of benzene rings is 3. The first-order valence-corrected chi connectivity index (χ1v) is 10.5. The molecular formula is C20H13ClF3N3O2S. The second-order valence-corrected chi connectivity index (χ2v) is 8.44. The minimum Gasteiger partial charge on any atom is -0.325 e. The summed E-state index contributed by atoms with van der Waals surface area (Å²) in [5, 5.41) is 5.73. The van der Waals surface area contributed by atoms with Crippen LogP contribution in [0.2, 0.25) is 5.02 Å². The van der Waals surface area contributed by atoms with Gasteiger partial charge in [0.15, 0.2) is 11.6 Å². The van der Waals surface area contributed by atoms with Crippen molar-refractivity contribution in [2.24, 2.45) is 4.40 Å². The number of hydrogen-bond donors (Lipinski definition) is 2. The third-order valence-electron chi connectivity index (χ3n) is 4.45. The molecule has 4 rings (SSSR count). The number of fused-ring (bicyclic) bond motifs is 1. The summed E-state index contributed by atoms with van der Waals surface area (Å²) in [7, 11) is -4.33. The topological polar surface area (TPSA) is 70.6 Å². The fraction of sp³-hybridized carbons (Fsp3) is 0.0500. The molecule has 0 spiro atoms. The van der Waals surface area contributed by atoms with E-state index in [9.17, 15) is 21.6 Å². The van der Waals surface area contributed by atoms with E-state index in [1.54, 1.807) is 24.3 Å². The molecule has 0 atom stereocenters. The third-order valence-corrected chi connectivity index (χ3v) is 6.11. The van der Waals surface area contributed by atoms with Gasteiger partial charge in [-0.25, -0.2) is 13.2 Å². The largest absolute Gasteiger partial charge is 0.325 e. The van der Waals surface area contributed by atoms with Crippen LogP contribution in [-0.4, -0.2) is 14.4 Å². The van der Waals surface area contributed by atoms with E-state index in [2.05, 4.69) is 15.0 Å². The lowest BCUT2D eigenvalue weighted by atomic mass is 10.0. The summed E-state index contributed by atoms with van der Waals surface area (Å²) >= 11 is 6.13. The highest BCUT2D eigenvalue weighted by Crippen LogP contribution is 2.36. The van der Waals surface area contributed by atoms with E-state index >= 15 is 0 Å². The molecule has 10 heteroatoms. The molecule has 0 saturated carbocycles. The van der Waals surface area contributed by atoms with Crippen molar-refractivity contribution in [3.05, 3.63) is 88.2 Å². The van der Waals surface area contributed by atoms with Gasteiger partial charge in [-0.2, -0.15) is 8.42 Å². The zero-order chi connectivity index (χ0) is 21.5. The number of guanidine groups is 1. The molecule has 0 aromatic heterocycles. The van der Waals surface area contributed by atoms with Crippen LogP contribution in [0.15, 0.2) is 63.9 Å². The minimum absolute atomic E-state index is 0.145. The number of anilines is 2. The Hall–Kier alpha value is -3.04. The highest BCUT2D eigenvalue weighted by atomic mass is 35.5. The average molecular weight is 452 g/mol. The highest BCUT2D eigenvalue weighted by Gasteiger charge is 2.31. The molecule has 30 heavy (non-hydrogen) atoms. The monoisotopic (exact) mass is 451 g/mol. The fourth-order valence-electron chi connectivity index (χ4n) is 3.03. The van der Waals surface area contributed by atoms with Crippen molar-refractivity contribution in [3.63, 3.8) is 0 Å². The molecule has 0 saturated heterocycles. The predicted molar refractivity (Wildman–Crippen MR) is 109 cm³/mol. The van der Waals surface area contributed by atoms with Crippen LogP contribution in [0.3, 0.4) is 0 Å². The molecule has 1 aliphatic rings. The Labute approximate surface area is 175 Å². The zero-order valence-corrected chi connectivity index (χ0v) is 16.7. The molecule has 0 unspecified atom stereocenters. The number of nitrogens with one attached hydrogen (secondary N) is 2. The van der Waals surface area contributed by atoms with Crippen molar-refractivity contribution in [2.45, 2.75) is 11.3 Å². The van der Waals surface area contributed by atoms with E-state index in [0.29, 0.717) is 22.3 Å². The van der Waals surface area contributed by atoms with Gasteiger partial charge < -0.3 is 10.6 Å². The fourth-order valence-corrected chi connectivity index (χ4v) is 4.34. The lowest BCUT2D eigenvalue weighted by Crippen LogP contribution is -2.29. The van der Waals surface area contributed by atoms with E-state index in [-0.39, 0.29) is 23.6 Å². The number of rotatable bonds is 3. The van der Waals surface area contributed by atoms with Crippen LogP contribution in [0.1, 0.15) is 11.1 Å². The zero-order valence-electron chi connectivity index (χ0n) is 15.1. The molecule has 154 valence electrons. The van der Waals surface area contributed by atoms with Gasteiger partial charge in [-0.05, 0) is 42.0 Å². The number of nitrogens with zero attached hydrogens (tertiary/aromatic N) is 1. The molecule has 0 fully saturated rings. The van der Waals surface area contributed by atoms with Crippen LogP contribution in [0.25, 0.3) is 0 Å². The summed E-state index contributed by atoms with van der Waals surface area (Å²) in [5.41, 5.74) is 0.473. The molecule has 3 aromatic carbocycles. The van der Waals surface area contributed by atoms with Crippen molar-refractivity contribution in [3.8, 4) is 0 Å². The maximum absolute atomic E-state index is 14.7. The average Bonchev–Trinajstić information content (AvgIpc) is 2.69. The molecular weight excluding hydrogens is 439 g/mol. The first-order chi connectivity index (χ1) is 14.2. The summed E-state index contributed by atoms with van der Waals surface area (Å²) in [5.74, 6) is -3.22. The summed E-state index contributed by atoms with van der Waals surface area (Å²) in [6.45, 7) is 0. The molecule has 3 aromatic rings. The number of sulfonamides is 1. The maximum Gasteiger partial charge on any atom is 0.287 e. The predicted octanol–water partition coefficient (Wildman–Crippen LogP) is 4.93. The third kappa shape index (κ3) is 3.86. The number of hydrogen-bond acceptors (Lipinski definition) is 4. The Morgan fingerprint density at radius 2 is 1.73 bits per heavy atom. The van der Waals surface area contributed by atoms with Crippen LogP contribution in [0.5, 0.6) is 0 Å². The summed E-state index contributed by atoms with van der Waals surface area (Å²) in [6, 6.07) is 12.3. The quantitative estimate of drug-likeness (QED) is 0.592. The van der Waals surface area contributed by atoms with E-state index in [0.717, 1.165) is 0 Å². The minimum atomic E-state index is -4.33. The van der Waals surface area contributed by atoms with Crippen molar-refractivity contribution in [1.82, 2.24) is 0 Å². The Balaban J connectivity index is 1.79. The molecule has 2 N–H and O–H groups in total. The van der Waals surface area contributed by atoms with Crippen LogP contribution < -0.4 is 10.6 Å². The normalized spacial score (nSPS) is 14.5. The standard InChI is InChI=1S/C20H13ClF3N3O2S/c21-15-4-2-1-3-11(15)9-14-18(24)16(23)10-17-19(14)26-20(27-30(17,28)29)25-13-7-5-12(22)6-8-13/h1-8,10H,9H2,(H2,25,26,27). The maximum atomic E-state index is 14.7. The van der Waals surface area contributed by atoms with E-state index in [4.69, 9.17) is 11.6 Å². The van der Waals surface area contributed by atoms with Gasteiger partial charge in [-0.1, -0.05) is 29.8 Å². The summed E-state index contributed by atoms with van der Waals surface area (Å²) < 4.78 is 70.8. The molecule has 1 heterocycles. The second kappa shape index (κ2) is 7.66. The number of halogens is 4. The van der Waals surface area contributed by atoms with Gasteiger partial charge in [0, 0.05) is 22.7 Å². The van der Waals surface area contributed by atoms with Gasteiger partial charge in [0.05, 0.1) is 5.69 Å². The van der Waals surface area contributed by atoms with Gasteiger partial charge in [0.1, 0.15) is 10.7 Å². The van der Waals surface area contributed by atoms with Gasteiger partial charge in [0.25, 0.3) is 10.0 Å². The van der Waals surface area contributed by atoms with Crippen molar-refractivity contribution < 1.29 is 21.6 Å². The van der Waals surface area contributed by atoms with Crippen molar-refractivity contribution in [1.29, 1.82) is 0 Å². The van der Waals surface area contributed by atoms with Crippen LogP contribution in [-0.2, 0) is 16.4 Å². The molecule has 5 nitrogen and oxygen atoms in total. The Bertz CT molecular complexity index is 1280. The van der Waals surface area contributed by atoms with Crippen molar-refractivity contribution >= 4 is 39.0 Å². The lowest BCUT2D eigenvalue weighted by molar-refractivity contribution is 0.497.